The van der Waals surface area contributed by atoms with Crippen molar-refractivity contribution in [1.29, 1.82) is 0 Å². The molecule has 0 spiro atoms. The molecule has 1 aliphatic heterocycles. The highest BCUT2D eigenvalue weighted by Crippen LogP contribution is 2.51. The van der Waals surface area contributed by atoms with Crippen LogP contribution in [0.5, 0.6) is 0 Å². The maximum absolute atomic E-state index is 13.5. The molecule has 2 aliphatic rings. The SMILES string of the molecule is CC(C)(c1ccccc1)N1C(=O)[C@@H]2C=C(Br)C=C[C@@H]2[C@H]1c1ccccc1. The van der Waals surface area contributed by atoms with Gasteiger partial charge in [-0.05, 0) is 25.0 Å². The fourth-order valence-corrected chi connectivity index (χ4v) is 4.74. The number of hydrogen-bond acceptors (Lipinski definition) is 1. The number of amides is 1. The van der Waals surface area contributed by atoms with E-state index in [1.165, 1.54) is 5.56 Å². The van der Waals surface area contributed by atoms with Gasteiger partial charge < -0.3 is 4.90 Å². The fourth-order valence-electron chi connectivity index (χ4n) is 4.30. The fraction of sp³-hybridized carbons (Fsp3) is 0.261. The predicted molar refractivity (Wildman–Crippen MR) is 109 cm³/mol. The van der Waals surface area contributed by atoms with Crippen LogP contribution in [0.25, 0.3) is 0 Å². The number of likely N-dealkylation sites (tertiary alicyclic amines) is 1. The molecule has 2 nitrogen and oxygen atoms in total. The average molecular weight is 408 g/mol. The zero-order valence-corrected chi connectivity index (χ0v) is 16.6. The Balaban J connectivity index is 1.85. The summed E-state index contributed by atoms with van der Waals surface area (Å²) in [6.07, 6.45) is 6.32. The third kappa shape index (κ3) is 2.75. The molecule has 1 amide bonds. The number of benzene rings is 2. The zero-order valence-electron chi connectivity index (χ0n) is 15.0. The summed E-state index contributed by atoms with van der Waals surface area (Å²) in [5, 5.41) is 0. The van der Waals surface area contributed by atoms with Gasteiger partial charge in [0.1, 0.15) is 0 Å². The number of carbonyl (C=O) groups excluding carboxylic acids is 1. The Morgan fingerprint density at radius 3 is 2.23 bits per heavy atom. The van der Waals surface area contributed by atoms with Crippen LogP contribution < -0.4 is 0 Å². The first-order valence-electron chi connectivity index (χ1n) is 8.99. The molecule has 4 rings (SSSR count). The van der Waals surface area contributed by atoms with E-state index in [2.05, 4.69) is 89.3 Å². The van der Waals surface area contributed by atoms with E-state index < -0.39 is 5.54 Å². The average Bonchev–Trinajstić information content (AvgIpc) is 2.96. The van der Waals surface area contributed by atoms with E-state index in [9.17, 15) is 4.79 Å². The molecule has 2 aromatic carbocycles. The monoisotopic (exact) mass is 407 g/mol. The molecule has 0 radical (unpaired) electrons. The Bertz CT molecular complexity index is 870. The lowest BCUT2D eigenvalue weighted by atomic mass is 9.83. The molecule has 0 bridgehead atoms. The molecule has 1 fully saturated rings. The lowest BCUT2D eigenvalue weighted by molar-refractivity contribution is -0.136. The highest BCUT2D eigenvalue weighted by molar-refractivity contribution is 9.11. The molecule has 1 heterocycles. The summed E-state index contributed by atoms with van der Waals surface area (Å²) in [6.45, 7) is 4.30. The van der Waals surface area contributed by atoms with Crippen LogP contribution in [-0.4, -0.2) is 10.8 Å². The molecule has 0 aromatic heterocycles. The van der Waals surface area contributed by atoms with Crippen molar-refractivity contribution in [3.63, 3.8) is 0 Å². The predicted octanol–water partition coefficient (Wildman–Crippen LogP) is 5.59. The van der Waals surface area contributed by atoms with E-state index in [1.807, 2.05) is 24.3 Å². The van der Waals surface area contributed by atoms with Crippen LogP contribution in [0.2, 0.25) is 0 Å². The standard InChI is InChI=1S/C23H22BrNO/c1-23(2,17-11-7-4-8-12-17)25-21(16-9-5-3-6-10-16)19-14-13-18(24)15-20(19)22(25)26/h3-15,19-21H,1-2H3/t19-,20+,21+/m0/s1. The van der Waals surface area contributed by atoms with E-state index in [0.29, 0.717) is 0 Å². The summed E-state index contributed by atoms with van der Waals surface area (Å²) >= 11 is 3.55. The van der Waals surface area contributed by atoms with Gasteiger partial charge >= 0.3 is 0 Å². The van der Waals surface area contributed by atoms with Gasteiger partial charge in [-0.15, -0.1) is 0 Å². The van der Waals surface area contributed by atoms with Crippen LogP contribution in [0.15, 0.2) is 83.4 Å². The molecule has 132 valence electrons. The lowest BCUT2D eigenvalue weighted by Crippen LogP contribution is -2.44. The third-order valence-corrected chi connectivity index (χ3v) is 6.15. The number of rotatable bonds is 3. The highest BCUT2D eigenvalue weighted by Gasteiger charge is 2.52. The Hall–Kier alpha value is -2.13. The van der Waals surface area contributed by atoms with Crippen molar-refractivity contribution in [1.82, 2.24) is 4.90 Å². The van der Waals surface area contributed by atoms with E-state index >= 15 is 0 Å². The van der Waals surface area contributed by atoms with Crippen LogP contribution in [0.1, 0.15) is 31.0 Å². The smallest absolute Gasteiger partial charge is 0.231 e. The molecule has 0 saturated carbocycles. The maximum Gasteiger partial charge on any atom is 0.231 e. The Morgan fingerprint density at radius 1 is 0.962 bits per heavy atom. The molecule has 26 heavy (non-hydrogen) atoms. The summed E-state index contributed by atoms with van der Waals surface area (Å²) in [4.78, 5) is 15.6. The summed E-state index contributed by atoms with van der Waals surface area (Å²) in [5.41, 5.74) is 1.94. The second-order valence-corrected chi connectivity index (χ2v) is 8.42. The van der Waals surface area contributed by atoms with Crippen LogP contribution in [0.4, 0.5) is 0 Å². The number of halogens is 1. The first kappa shape index (κ1) is 17.3. The van der Waals surface area contributed by atoms with Gasteiger partial charge in [0.15, 0.2) is 0 Å². The van der Waals surface area contributed by atoms with Crippen molar-refractivity contribution in [2.75, 3.05) is 0 Å². The summed E-state index contributed by atoms with van der Waals surface area (Å²) in [7, 11) is 0. The Morgan fingerprint density at radius 2 is 1.58 bits per heavy atom. The first-order valence-corrected chi connectivity index (χ1v) is 9.78. The minimum absolute atomic E-state index is 0.0250. The van der Waals surface area contributed by atoms with Crippen LogP contribution in [-0.2, 0) is 10.3 Å². The van der Waals surface area contributed by atoms with E-state index in [0.717, 1.165) is 10.0 Å². The van der Waals surface area contributed by atoms with Gasteiger partial charge in [0.05, 0.1) is 17.5 Å². The van der Waals surface area contributed by atoms with Crippen molar-refractivity contribution < 1.29 is 4.79 Å². The number of fused-ring (bicyclic) bond motifs is 1. The maximum atomic E-state index is 13.5. The van der Waals surface area contributed by atoms with Gasteiger partial charge in [0.25, 0.3) is 0 Å². The number of allylic oxidation sites excluding steroid dienone is 2. The molecule has 0 unspecified atom stereocenters. The largest absolute Gasteiger partial charge is 0.325 e. The zero-order chi connectivity index (χ0) is 18.3. The number of nitrogens with zero attached hydrogens (tertiary/aromatic N) is 1. The molecule has 0 N–H and O–H groups in total. The Kier molecular flexibility index (Phi) is 4.36. The van der Waals surface area contributed by atoms with Gasteiger partial charge in [-0.3, -0.25) is 4.79 Å². The molecule has 1 saturated heterocycles. The normalized spacial score (nSPS) is 25.2. The summed E-state index contributed by atoms with van der Waals surface area (Å²) in [6, 6.07) is 20.7. The molecule has 3 heteroatoms. The second kappa shape index (κ2) is 6.55. The van der Waals surface area contributed by atoms with Crippen molar-refractivity contribution in [2.24, 2.45) is 11.8 Å². The lowest BCUT2D eigenvalue weighted by Gasteiger charge is -2.41. The number of hydrogen-bond donors (Lipinski definition) is 0. The topological polar surface area (TPSA) is 20.3 Å². The quantitative estimate of drug-likeness (QED) is 0.649. The first-order chi connectivity index (χ1) is 12.5. The van der Waals surface area contributed by atoms with Gasteiger partial charge in [-0.2, -0.15) is 0 Å². The van der Waals surface area contributed by atoms with Crippen LogP contribution in [0, 0.1) is 11.8 Å². The van der Waals surface area contributed by atoms with Crippen molar-refractivity contribution in [2.45, 2.75) is 25.4 Å². The molecule has 3 atom stereocenters. The number of carbonyl (C=O) groups is 1. The second-order valence-electron chi connectivity index (χ2n) is 7.50. The van der Waals surface area contributed by atoms with Crippen LogP contribution in [0.3, 0.4) is 0 Å². The highest BCUT2D eigenvalue weighted by atomic mass is 79.9. The molecular formula is C23H22BrNO. The summed E-state index contributed by atoms with van der Waals surface area (Å²) in [5.74, 6) is 0.218. The van der Waals surface area contributed by atoms with E-state index in [4.69, 9.17) is 0 Å². The van der Waals surface area contributed by atoms with Crippen molar-refractivity contribution in [3.05, 3.63) is 94.5 Å². The van der Waals surface area contributed by atoms with E-state index in [-0.39, 0.29) is 23.8 Å². The molecule has 1 aliphatic carbocycles. The Labute approximate surface area is 163 Å². The third-order valence-electron chi connectivity index (χ3n) is 5.62. The van der Waals surface area contributed by atoms with Gasteiger partial charge in [0.2, 0.25) is 5.91 Å². The van der Waals surface area contributed by atoms with Gasteiger partial charge in [-0.25, -0.2) is 0 Å². The minimum atomic E-state index is -0.398. The van der Waals surface area contributed by atoms with Gasteiger partial charge in [0, 0.05) is 10.4 Å². The molecular weight excluding hydrogens is 386 g/mol. The minimum Gasteiger partial charge on any atom is -0.325 e. The van der Waals surface area contributed by atoms with E-state index in [1.54, 1.807) is 0 Å². The van der Waals surface area contributed by atoms with Crippen molar-refractivity contribution >= 4 is 21.8 Å². The summed E-state index contributed by atoms with van der Waals surface area (Å²) < 4.78 is 0.985. The van der Waals surface area contributed by atoms with Crippen LogP contribution >= 0.6 is 15.9 Å². The van der Waals surface area contributed by atoms with Crippen molar-refractivity contribution in [3.8, 4) is 0 Å². The molecule has 2 aromatic rings. The van der Waals surface area contributed by atoms with Gasteiger partial charge in [-0.1, -0.05) is 94.8 Å².